The van der Waals surface area contributed by atoms with Gasteiger partial charge in [-0.3, -0.25) is 4.79 Å². The van der Waals surface area contributed by atoms with Crippen molar-refractivity contribution in [3.63, 3.8) is 0 Å². The molecular weight excluding hydrogens is 204 g/mol. The van der Waals surface area contributed by atoms with Crippen molar-refractivity contribution in [2.45, 2.75) is 32.6 Å². The van der Waals surface area contributed by atoms with Gasteiger partial charge in [0.15, 0.2) is 0 Å². The van der Waals surface area contributed by atoms with E-state index in [0.717, 1.165) is 45.0 Å². The van der Waals surface area contributed by atoms with Gasteiger partial charge in [0.1, 0.15) is 0 Å². The molecule has 2 N–H and O–H groups in total. The highest BCUT2D eigenvalue weighted by atomic mass is 16.5. The molecule has 1 aliphatic heterocycles. The van der Waals surface area contributed by atoms with Gasteiger partial charge < -0.3 is 15.4 Å². The first-order valence-corrected chi connectivity index (χ1v) is 6.38. The molecule has 4 nitrogen and oxygen atoms in total. The van der Waals surface area contributed by atoms with Gasteiger partial charge >= 0.3 is 0 Å². The van der Waals surface area contributed by atoms with E-state index in [4.69, 9.17) is 4.74 Å². The van der Waals surface area contributed by atoms with E-state index < -0.39 is 0 Å². The van der Waals surface area contributed by atoms with Gasteiger partial charge in [0.05, 0.1) is 0 Å². The molecule has 0 saturated carbocycles. The second-order valence-electron chi connectivity index (χ2n) is 4.30. The summed E-state index contributed by atoms with van der Waals surface area (Å²) in [4.78, 5) is 11.4. The number of carbonyl (C=O) groups is 1. The van der Waals surface area contributed by atoms with Crippen LogP contribution in [0, 0.1) is 5.92 Å². The number of hydrogen-bond donors (Lipinski definition) is 2. The van der Waals surface area contributed by atoms with Crippen LogP contribution in [-0.4, -0.2) is 38.8 Å². The Hall–Kier alpha value is -0.610. The first kappa shape index (κ1) is 13.5. The predicted molar refractivity (Wildman–Crippen MR) is 64.3 cm³/mol. The van der Waals surface area contributed by atoms with E-state index in [-0.39, 0.29) is 5.91 Å². The molecule has 1 aliphatic rings. The van der Waals surface area contributed by atoms with Crippen LogP contribution in [0.1, 0.15) is 32.6 Å². The Kier molecular flexibility index (Phi) is 7.17. The predicted octanol–water partition coefficient (Wildman–Crippen LogP) is 0.919. The third kappa shape index (κ3) is 6.08. The molecule has 0 radical (unpaired) electrons. The van der Waals surface area contributed by atoms with Gasteiger partial charge in [-0.05, 0) is 45.2 Å². The minimum atomic E-state index is 0.158. The molecule has 94 valence electrons. The average Bonchev–Trinajstić information content (AvgIpc) is 2.77. The lowest BCUT2D eigenvalue weighted by molar-refractivity contribution is -0.121. The van der Waals surface area contributed by atoms with Gasteiger partial charge in [-0.1, -0.05) is 0 Å². The Balaban J connectivity index is 1.89. The fourth-order valence-electron chi connectivity index (χ4n) is 1.94. The fraction of sp³-hybridized carbons (Fsp3) is 0.917. The number of rotatable bonds is 8. The maximum atomic E-state index is 11.4. The van der Waals surface area contributed by atoms with E-state index >= 15 is 0 Å². The molecule has 0 aliphatic carbocycles. The summed E-state index contributed by atoms with van der Waals surface area (Å²) in [5, 5.41) is 6.29. The van der Waals surface area contributed by atoms with Crippen LogP contribution < -0.4 is 10.6 Å². The van der Waals surface area contributed by atoms with Gasteiger partial charge in [-0.15, -0.1) is 0 Å². The second-order valence-corrected chi connectivity index (χ2v) is 4.30. The van der Waals surface area contributed by atoms with Crippen LogP contribution in [0.5, 0.6) is 0 Å². The summed E-state index contributed by atoms with van der Waals surface area (Å²) >= 11 is 0. The van der Waals surface area contributed by atoms with Crippen LogP contribution in [0.2, 0.25) is 0 Å². The molecular formula is C12H24N2O2. The maximum absolute atomic E-state index is 11.4. The van der Waals surface area contributed by atoms with E-state index in [1.54, 1.807) is 0 Å². The van der Waals surface area contributed by atoms with Crippen LogP contribution in [0.15, 0.2) is 0 Å². The van der Waals surface area contributed by atoms with Crippen LogP contribution in [0.25, 0.3) is 0 Å². The Morgan fingerprint density at radius 2 is 2.44 bits per heavy atom. The molecule has 16 heavy (non-hydrogen) atoms. The van der Waals surface area contributed by atoms with Crippen molar-refractivity contribution in [2.24, 2.45) is 5.92 Å². The first-order chi connectivity index (χ1) is 7.83. The van der Waals surface area contributed by atoms with E-state index in [1.807, 2.05) is 6.92 Å². The molecule has 1 atom stereocenters. The lowest BCUT2D eigenvalue weighted by Crippen LogP contribution is -2.26. The first-order valence-electron chi connectivity index (χ1n) is 6.38. The van der Waals surface area contributed by atoms with Crippen molar-refractivity contribution < 1.29 is 9.53 Å². The van der Waals surface area contributed by atoms with Crippen LogP contribution in [0.3, 0.4) is 0 Å². The smallest absolute Gasteiger partial charge is 0.220 e. The normalized spacial score (nSPS) is 19.9. The van der Waals surface area contributed by atoms with Crippen molar-refractivity contribution in [2.75, 3.05) is 32.8 Å². The van der Waals surface area contributed by atoms with Crippen molar-refractivity contribution in [3.05, 3.63) is 0 Å². The van der Waals surface area contributed by atoms with Crippen molar-refractivity contribution in [3.8, 4) is 0 Å². The molecule has 1 fully saturated rings. The lowest BCUT2D eigenvalue weighted by Gasteiger charge is -2.09. The summed E-state index contributed by atoms with van der Waals surface area (Å²) in [5.74, 6) is 0.911. The summed E-state index contributed by atoms with van der Waals surface area (Å²) in [6, 6.07) is 0. The summed E-state index contributed by atoms with van der Waals surface area (Å²) in [5.41, 5.74) is 0. The van der Waals surface area contributed by atoms with Gasteiger partial charge in [-0.2, -0.15) is 0 Å². The average molecular weight is 228 g/mol. The van der Waals surface area contributed by atoms with Crippen LogP contribution >= 0.6 is 0 Å². The molecule has 1 unspecified atom stereocenters. The fourth-order valence-corrected chi connectivity index (χ4v) is 1.94. The summed E-state index contributed by atoms with van der Waals surface area (Å²) in [7, 11) is 0. The number of ether oxygens (including phenoxy) is 1. The molecule has 0 aromatic heterocycles. The largest absolute Gasteiger partial charge is 0.382 e. The zero-order valence-corrected chi connectivity index (χ0v) is 10.3. The van der Waals surface area contributed by atoms with Crippen molar-refractivity contribution >= 4 is 5.91 Å². The Morgan fingerprint density at radius 1 is 1.56 bits per heavy atom. The van der Waals surface area contributed by atoms with Gasteiger partial charge in [0.25, 0.3) is 0 Å². The highest BCUT2D eigenvalue weighted by Crippen LogP contribution is 2.10. The molecule has 4 heteroatoms. The minimum Gasteiger partial charge on any atom is -0.382 e. The molecule has 1 amide bonds. The highest BCUT2D eigenvalue weighted by molar-refractivity contribution is 5.75. The molecule has 0 aromatic rings. The van der Waals surface area contributed by atoms with Crippen LogP contribution in [0.4, 0.5) is 0 Å². The standard InChI is InChI=1S/C12H24N2O2/c1-2-16-9-3-4-12(15)14-8-6-11-5-7-13-10-11/h11,13H,2-10H2,1H3,(H,14,15). The molecule has 1 rings (SSSR count). The zero-order valence-electron chi connectivity index (χ0n) is 10.3. The van der Waals surface area contributed by atoms with E-state index in [2.05, 4.69) is 10.6 Å². The molecule has 1 saturated heterocycles. The van der Waals surface area contributed by atoms with E-state index in [9.17, 15) is 4.79 Å². The van der Waals surface area contributed by atoms with E-state index in [1.165, 1.54) is 6.42 Å². The molecule has 0 bridgehead atoms. The summed E-state index contributed by atoms with van der Waals surface area (Å²) in [6.45, 7) is 6.45. The number of amides is 1. The Labute approximate surface area is 98.1 Å². The Bertz CT molecular complexity index is 191. The van der Waals surface area contributed by atoms with Gasteiger partial charge in [-0.25, -0.2) is 0 Å². The quantitative estimate of drug-likeness (QED) is 0.607. The third-order valence-electron chi connectivity index (χ3n) is 2.93. The van der Waals surface area contributed by atoms with Crippen molar-refractivity contribution in [1.82, 2.24) is 10.6 Å². The van der Waals surface area contributed by atoms with Gasteiger partial charge in [0.2, 0.25) is 5.91 Å². The summed E-state index contributed by atoms with van der Waals surface area (Å²) in [6.07, 6.45) is 3.76. The monoisotopic (exact) mass is 228 g/mol. The maximum Gasteiger partial charge on any atom is 0.220 e. The molecule has 0 spiro atoms. The third-order valence-corrected chi connectivity index (χ3v) is 2.93. The van der Waals surface area contributed by atoms with Crippen LogP contribution in [-0.2, 0) is 9.53 Å². The number of nitrogens with one attached hydrogen (secondary N) is 2. The minimum absolute atomic E-state index is 0.158. The SMILES string of the molecule is CCOCCCC(=O)NCCC1CCNC1. The zero-order chi connectivity index (χ0) is 11.6. The molecule has 0 aromatic carbocycles. The highest BCUT2D eigenvalue weighted by Gasteiger charge is 2.13. The van der Waals surface area contributed by atoms with E-state index in [0.29, 0.717) is 13.0 Å². The topological polar surface area (TPSA) is 50.4 Å². The van der Waals surface area contributed by atoms with Crippen molar-refractivity contribution in [1.29, 1.82) is 0 Å². The second kappa shape index (κ2) is 8.53. The van der Waals surface area contributed by atoms with Gasteiger partial charge in [0, 0.05) is 26.2 Å². The number of hydrogen-bond acceptors (Lipinski definition) is 3. The molecule has 1 heterocycles. The Morgan fingerprint density at radius 3 is 3.12 bits per heavy atom. The summed E-state index contributed by atoms with van der Waals surface area (Å²) < 4.78 is 5.18. The lowest BCUT2D eigenvalue weighted by atomic mass is 10.1. The number of carbonyl (C=O) groups excluding carboxylic acids is 1.